The molecule has 3 aromatic rings. The minimum absolute atomic E-state index is 0.0326. The van der Waals surface area contributed by atoms with E-state index in [4.69, 9.17) is 4.74 Å². The number of esters is 1. The van der Waals surface area contributed by atoms with Crippen molar-refractivity contribution in [3.05, 3.63) is 100 Å². The normalized spacial score (nSPS) is 12.5. The molecular formula is C31H32FNO2. The van der Waals surface area contributed by atoms with Gasteiger partial charge in [0.2, 0.25) is 0 Å². The highest BCUT2D eigenvalue weighted by molar-refractivity contribution is 5.90. The van der Waals surface area contributed by atoms with Crippen molar-refractivity contribution in [2.45, 2.75) is 45.6 Å². The third kappa shape index (κ3) is 6.96. The quantitative estimate of drug-likeness (QED) is 0.256. The third-order valence-electron chi connectivity index (χ3n) is 6.35. The zero-order valence-corrected chi connectivity index (χ0v) is 20.5. The molecular weight excluding hydrogens is 437 g/mol. The summed E-state index contributed by atoms with van der Waals surface area (Å²) in [6.07, 6.45) is 5.94. The molecule has 0 radical (unpaired) electrons. The van der Waals surface area contributed by atoms with Gasteiger partial charge in [-0.15, -0.1) is 0 Å². The summed E-state index contributed by atoms with van der Waals surface area (Å²) in [4.78, 5) is 14.2. The number of rotatable bonds is 9. The zero-order chi connectivity index (χ0) is 24.6. The van der Waals surface area contributed by atoms with Gasteiger partial charge in [-0.2, -0.15) is 0 Å². The molecule has 1 aliphatic rings. The number of nitrogens with zero attached hydrogens (tertiary/aromatic N) is 1. The lowest BCUT2D eigenvalue weighted by Gasteiger charge is -2.25. The maximum Gasteiger partial charge on any atom is 0.340 e. The predicted molar refractivity (Wildman–Crippen MR) is 139 cm³/mol. The number of aryl methyl sites for hydroxylation is 1. The second kappa shape index (κ2) is 11.7. The first-order valence-electron chi connectivity index (χ1n) is 12.4. The Kier molecular flexibility index (Phi) is 8.21. The molecule has 0 unspecified atom stereocenters. The predicted octanol–water partition coefficient (Wildman–Crippen LogP) is 6.77. The molecule has 0 amide bonds. The number of hydrogen-bond acceptors (Lipinski definition) is 3. The molecule has 0 aliphatic heterocycles. The van der Waals surface area contributed by atoms with Crippen molar-refractivity contribution in [3.8, 4) is 11.8 Å². The van der Waals surface area contributed by atoms with Gasteiger partial charge in [0.25, 0.3) is 0 Å². The standard InChI is InChI=1S/C31H32FNO2/c1-3-4-5-23-6-8-24(9-7-23)10-11-25-12-14-26(15-13-25)21-33(22-27-16-17-27)28-18-19-30(32)29(20-28)31(34)35-2/h6-9,12-15,18-20,27H,3-5,16-17,21-22H2,1-2H3. The minimum atomic E-state index is -0.658. The van der Waals surface area contributed by atoms with Crippen LogP contribution < -0.4 is 4.90 Å². The van der Waals surface area contributed by atoms with Crippen LogP contribution in [0.3, 0.4) is 0 Å². The summed E-state index contributed by atoms with van der Waals surface area (Å²) >= 11 is 0. The van der Waals surface area contributed by atoms with Crippen LogP contribution in [0.4, 0.5) is 10.1 Å². The largest absolute Gasteiger partial charge is 0.465 e. The van der Waals surface area contributed by atoms with Gasteiger partial charge in [-0.1, -0.05) is 49.5 Å². The number of carbonyl (C=O) groups excluding carboxylic acids is 1. The number of anilines is 1. The monoisotopic (exact) mass is 469 g/mol. The molecule has 0 bridgehead atoms. The molecule has 35 heavy (non-hydrogen) atoms. The van der Waals surface area contributed by atoms with Crippen LogP contribution in [0.2, 0.25) is 0 Å². The summed E-state index contributed by atoms with van der Waals surface area (Å²) < 4.78 is 18.9. The van der Waals surface area contributed by atoms with Gasteiger partial charge in [0.15, 0.2) is 0 Å². The first-order chi connectivity index (χ1) is 17.1. The van der Waals surface area contributed by atoms with Crippen molar-refractivity contribution < 1.29 is 13.9 Å². The first kappa shape index (κ1) is 24.5. The molecule has 0 N–H and O–H groups in total. The third-order valence-corrected chi connectivity index (χ3v) is 6.35. The van der Waals surface area contributed by atoms with E-state index in [0.717, 1.165) is 35.3 Å². The van der Waals surface area contributed by atoms with Gasteiger partial charge in [-0.25, -0.2) is 9.18 Å². The van der Waals surface area contributed by atoms with Gasteiger partial charge in [0.05, 0.1) is 12.7 Å². The molecule has 1 saturated carbocycles. The smallest absolute Gasteiger partial charge is 0.340 e. The molecule has 1 aliphatic carbocycles. The van der Waals surface area contributed by atoms with E-state index in [1.165, 1.54) is 44.4 Å². The molecule has 3 nitrogen and oxygen atoms in total. The van der Waals surface area contributed by atoms with E-state index in [1.54, 1.807) is 12.1 Å². The molecule has 180 valence electrons. The van der Waals surface area contributed by atoms with Crippen molar-refractivity contribution >= 4 is 11.7 Å². The summed E-state index contributed by atoms with van der Waals surface area (Å²) in [5, 5.41) is 0. The van der Waals surface area contributed by atoms with Crippen molar-refractivity contribution in [2.24, 2.45) is 5.92 Å². The maximum atomic E-state index is 14.1. The molecule has 3 aromatic carbocycles. The van der Waals surface area contributed by atoms with Gasteiger partial charge in [-0.05, 0) is 85.2 Å². The highest BCUT2D eigenvalue weighted by Gasteiger charge is 2.25. The second-order valence-corrected chi connectivity index (χ2v) is 9.23. The van der Waals surface area contributed by atoms with Gasteiger partial charge in [0, 0.05) is 29.9 Å². The van der Waals surface area contributed by atoms with Crippen molar-refractivity contribution in [2.75, 3.05) is 18.6 Å². The average Bonchev–Trinajstić information content (AvgIpc) is 3.71. The zero-order valence-electron chi connectivity index (χ0n) is 20.5. The van der Waals surface area contributed by atoms with E-state index in [1.807, 2.05) is 12.1 Å². The van der Waals surface area contributed by atoms with Crippen LogP contribution in [0.1, 0.15) is 65.2 Å². The Morgan fingerprint density at radius 2 is 1.60 bits per heavy atom. The average molecular weight is 470 g/mol. The van der Waals surface area contributed by atoms with Crippen LogP contribution in [0.15, 0.2) is 66.7 Å². The number of benzene rings is 3. The summed E-state index contributed by atoms with van der Waals surface area (Å²) in [6, 6.07) is 21.4. The van der Waals surface area contributed by atoms with Gasteiger partial charge in [0.1, 0.15) is 5.82 Å². The second-order valence-electron chi connectivity index (χ2n) is 9.23. The lowest BCUT2D eigenvalue weighted by Crippen LogP contribution is -2.25. The van der Waals surface area contributed by atoms with Gasteiger partial charge in [-0.3, -0.25) is 0 Å². The fourth-order valence-electron chi connectivity index (χ4n) is 4.04. The van der Waals surface area contributed by atoms with E-state index >= 15 is 0 Å². The number of halogens is 1. The summed E-state index contributed by atoms with van der Waals surface area (Å²) in [6.45, 7) is 3.76. The number of hydrogen-bond donors (Lipinski definition) is 0. The summed E-state index contributed by atoms with van der Waals surface area (Å²) in [5.41, 5.74) is 5.27. The minimum Gasteiger partial charge on any atom is -0.465 e. The Bertz CT molecular complexity index is 1200. The highest BCUT2D eigenvalue weighted by Crippen LogP contribution is 2.33. The number of methoxy groups -OCH3 is 1. The fraction of sp³-hybridized carbons (Fsp3) is 0.323. The van der Waals surface area contributed by atoms with Crippen LogP contribution in [0, 0.1) is 23.6 Å². The topological polar surface area (TPSA) is 29.5 Å². The van der Waals surface area contributed by atoms with Crippen LogP contribution >= 0.6 is 0 Å². The van der Waals surface area contributed by atoms with Crippen LogP contribution in [0.5, 0.6) is 0 Å². The van der Waals surface area contributed by atoms with Gasteiger partial charge < -0.3 is 9.64 Å². The van der Waals surface area contributed by atoms with Gasteiger partial charge >= 0.3 is 5.97 Å². The number of unbranched alkanes of at least 4 members (excludes halogenated alkanes) is 1. The van der Waals surface area contributed by atoms with Crippen LogP contribution in [-0.2, 0) is 17.7 Å². The Morgan fingerprint density at radius 3 is 2.17 bits per heavy atom. The molecule has 4 rings (SSSR count). The molecule has 0 spiro atoms. The summed E-state index contributed by atoms with van der Waals surface area (Å²) in [7, 11) is 1.27. The Hall–Kier alpha value is -3.58. The summed E-state index contributed by atoms with van der Waals surface area (Å²) in [5.74, 6) is 5.92. The Morgan fingerprint density at radius 1 is 0.971 bits per heavy atom. The maximum absolute atomic E-state index is 14.1. The number of carbonyl (C=O) groups is 1. The van der Waals surface area contributed by atoms with Crippen LogP contribution in [-0.4, -0.2) is 19.6 Å². The fourth-order valence-corrected chi connectivity index (χ4v) is 4.04. The Labute approximate surface area is 207 Å². The first-order valence-corrected chi connectivity index (χ1v) is 12.4. The Balaban J connectivity index is 1.45. The van der Waals surface area contributed by atoms with E-state index in [0.29, 0.717) is 12.5 Å². The molecule has 1 fully saturated rings. The number of ether oxygens (including phenoxy) is 1. The lowest BCUT2D eigenvalue weighted by molar-refractivity contribution is 0.0595. The molecule has 0 atom stereocenters. The van der Waals surface area contributed by atoms with E-state index in [9.17, 15) is 9.18 Å². The molecule has 0 saturated heterocycles. The highest BCUT2D eigenvalue weighted by atomic mass is 19.1. The van der Waals surface area contributed by atoms with E-state index in [-0.39, 0.29) is 5.56 Å². The molecule has 4 heteroatoms. The van der Waals surface area contributed by atoms with Crippen molar-refractivity contribution in [3.63, 3.8) is 0 Å². The lowest BCUT2D eigenvalue weighted by atomic mass is 10.1. The molecule has 0 aromatic heterocycles. The van der Waals surface area contributed by atoms with Crippen LogP contribution in [0.25, 0.3) is 0 Å². The van der Waals surface area contributed by atoms with E-state index in [2.05, 4.69) is 60.1 Å². The van der Waals surface area contributed by atoms with E-state index < -0.39 is 11.8 Å². The molecule has 0 heterocycles. The van der Waals surface area contributed by atoms with Crippen molar-refractivity contribution in [1.82, 2.24) is 0 Å². The van der Waals surface area contributed by atoms with Crippen molar-refractivity contribution in [1.29, 1.82) is 0 Å². The SMILES string of the molecule is CCCCc1ccc(C#Cc2ccc(CN(CC3CC3)c3ccc(F)c(C(=O)OC)c3)cc2)cc1.